The number of amides is 1. The first-order valence-electron chi connectivity index (χ1n) is 15.1. The van der Waals surface area contributed by atoms with Crippen molar-refractivity contribution >= 4 is 29.8 Å². The number of carbonyl (C=O) groups is 1. The molecule has 2 aromatic heterocycles. The van der Waals surface area contributed by atoms with Gasteiger partial charge < -0.3 is 10.4 Å². The van der Waals surface area contributed by atoms with Gasteiger partial charge in [0.2, 0.25) is 0 Å². The van der Waals surface area contributed by atoms with Crippen LogP contribution in [0.4, 0.5) is 16.3 Å². The molecule has 3 aromatic carbocycles. The predicted molar refractivity (Wildman–Crippen MR) is 176 cm³/mol. The van der Waals surface area contributed by atoms with Crippen molar-refractivity contribution in [1.82, 2.24) is 19.4 Å². The summed E-state index contributed by atoms with van der Waals surface area (Å²) in [4.78, 5) is 24.2. The number of nitrogens with one attached hydrogen (secondary N) is 1. The number of hydrogen-bond acceptors (Lipinski definition) is 4. The fraction of sp³-hybridized carbons (Fsp3) is 0.216. The normalized spacial score (nSPS) is 14.9. The Morgan fingerprint density at radius 1 is 0.932 bits per heavy atom. The summed E-state index contributed by atoms with van der Waals surface area (Å²) >= 11 is 0. The number of nitrogens with zero attached hydrogens (tertiary/aromatic N) is 4. The van der Waals surface area contributed by atoms with Crippen molar-refractivity contribution < 1.29 is 9.90 Å². The summed E-state index contributed by atoms with van der Waals surface area (Å²) in [6.45, 7) is 5.92. The number of benzene rings is 3. The van der Waals surface area contributed by atoms with E-state index in [1.807, 2.05) is 63.2 Å². The summed E-state index contributed by atoms with van der Waals surface area (Å²) in [5.41, 5.74) is 6.65. The summed E-state index contributed by atoms with van der Waals surface area (Å²) in [6.07, 6.45) is 7.70. The van der Waals surface area contributed by atoms with E-state index >= 15 is 0 Å². The number of anilines is 2. The van der Waals surface area contributed by atoms with Crippen molar-refractivity contribution in [3.8, 4) is 28.3 Å². The van der Waals surface area contributed by atoms with Crippen LogP contribution in [0.3, 0.4) is 0 Å². The van der Waals surface area contributed by atoms with Gasteiger partial charge in [0.1, 0.15) is 5.82 Å². The van der Waals surface area contributed by atoms with Crippen LogP contribution in [0, 0.1) is 0 Å². The Kier molecular flexibility index (Phi) is 6.61. The maximum Gasteiger partial charge on any atom is 0.408 e. The number of rotatable bonds is 5. The van der Waals surface area contributed by atoms with Gasteiger partial charge in [-0.15, -0.1) is 0 Å². The van der Waals surface area contributed by atoms with E-state index in [2.05, 4.69) is 70.6 Å². The van der Waals surface area contributed by atoms with Gasteiger partial charge in [-0.25, -0.2) is 14.8 Å². The van der Waals surface area contributed by atoms with Gasteiger partial charge in [0.05, 0.1) is 28.3 Å². The maximum atomic E-state index is 12.6. The lowest BCUT2D eigenvalue weighted by Crippen LogP contribution is -2.60. The van der Waals surface area contributed by atoms with Crippen LogP contribution in [-0.2, 0) is 5.54 Å². The van der Waals surface area contributed by atoms with Crippen LogP contribution in [0.5, 0.6) is 0 Å². The van der Waals surface area contributed by atoms with E-state index < -0.39 is 17.2 Å². The molecule has 1 aliphatic heterocycles. The molecular weight excluding hydrogens is 546 g/mol. The van der Waals surface area contributed by atoms with Crippen LogP contribution in [0.25, 0.3) is 40.5 Å². The lowest BCUT2D eigenvalue weighted by Gasteiger charge is -2.54. The van der Waals surface area contributed by atoms with E-state index in [-0.39, 0.29) is 0 Å². The van der Waals surface area contributed by atoms with Crippen LogP contribution in [0.1, 0.15) is 56.9 Å². The summed E-state index contributed by atoms with van der Waals surface area (Å²) in [6, 6.07) is 30.8. The molecule has 7 rings (SSSR count). The van der Waals surface area contributed by atoms with Crippen LogP contribution >= 0.6 is 0 Å². The molecule has 1 saturated carbocycles. The van der Waals surface area contributed by atoms with Crippen LogP contribution < -0.4 is 5.32 Å². The molecule has 1 fully saturated rings. The first-order valence-corrected chi connectivity index (χ1v) is 15.1. The van der Waals surface area contributed by atoms with Crippen LogP contribution in [-0.4, -0.2) is 36.2 Å². The van der Waals surface area contributed by atoms with E-state index in [1.165, 1.54) is 0 Å². The van der Waals surface area contributed by atoms with Crippen molar-refractivity contribution in [3.05, 3.63) is 114 Å². The van der Waals surface area contributed by atoms with Gasteiger partial charge in [0.15, 0.2) is 5.82 Å². The molecule has 0 bridgehead atoms. The first-order chi connectivity index (χ1) is 21.3. The summed E-state index contributed by atoms with van der Waals surface area (Å²) in [5.74, 6) is 1.58. The van der Waals surface area contributed by atoms with Crippen molar-refractivity contribution in [1.29, 1.82) is 0 Å². The SMILES string of the molecule is CC(C)(C)N(C(=O)O)C1(c2ccc(-c3c(/C=C/c4ccccc4)nc4n3-c3cccnc3Nc3ccccc3-4)cc2)CCC1. The zero-order chi connectivity index (χ0) is 30.5. The third kappa shape index (κ3) is 4.56. The summed E-state index contributed by atoms with van der Waals surface area (Å²) in [7, 11) is 0. The van der Waals surface area contributed by atoms with Gasteiger partial charge in [-0.1, -0.05) is 72.8 Å². The smallest absolute Gasteiger partial charge is 0.408 e. The average molecular weight is 582 g/mol. The number of aromatic nitrogens is 3. The highest BCUT2D eigenvalue weighted by atomic mass is 16.4. The number of carboxylic acid groups (broad SMARTS) is 1. The van der Waals surface area contributed by atoms with E-state index in [0.717, 1.165) is 75.9 Å². The zero-order valence-electron chi connectivity index (χ0n) is 25.2. The fourth-order valence-electron chi connectivity index (χ4n) is 6.78. The Morgan fingerprint density at radius 2 is 1.66 bits per heavy atom. The van der Waals surface area contributed by atoms with Crippen molar-refractivity contribution in [2.45, 2.75) is 51.1 Å². The predicted octanol–water partition coefficient (Wildman–Crippen LogP) is 8.99. The lowest BCUT2D eigenvalue weighted by molar-refractivity contribution is -0.0328. The summed E-state index contributed by atoms with van der Waals surface area (Å²) < 4.78 is 2.19. The van der Waals surface area contributed by atoms with Crippen LogP contribution in [0.15, 0.2) is 97.2 Å². The van der Waals surface area contributed by atoms with Gasteiger partial charge in [-0.2, -0.15) is 0 Å². The average Bonchev–Trinajstić information content (AvgIpc) is 3.31. The monoisotopic (exact) mass is 581 g/mol. The second kappa shape index (κ2) is 10.5. The second-order valence-electron chi connectivity index (χ2n) is 12.5. The van der Waals surface area contributed by atoms with Gasteiger partial charge in [0.25, 0.3) is 0 Å². The molecule has 5 aromatic rings. The Labute approximate surface area is 257 Å². The molecule has 220 valence electrons. The number of para-hydroxylation sites is 1. The molecule has 0 saturated heterocycles. The molecular formula is C37H35N5O2. The number of imidazole rings is 1. The van der Waals surface area contributed by atoms with Gasteiger partial charge in [0, 0.05) is 22.9 Å². The molecule has 0 spiro atoms. The van der Waals surface area contributed by atoms with Crippen LogP contribution in [0.2, 0.25) is 0 Å². The van der Waals surface area contributed by atoms with E-state index in [9.17, 15) is 9.90 Å². The van der Waals surface area contributed by atoms with E-state index in [1.54, 1.807) is 11.1 Å². The highest BCUT2D eigenvalue weighted by molar-refractivity contribution is 5.89. The Balaban J connectivity index is 1.43. The van der Waals surface area contributed by atoms with Crippen molar-refractivity contribution in [2.75, 3.05) is 5.32 Å². The third-order valence-corrected chi connectivity index (χ3v) is 8.75. The number of hydrogen-bond donors (Lipinski definition) is 2. The largest absolute Gasteiger partial charge is 0.465 e. The van der Waals surface area contributed by atoms with Crippen molar-refractivity contribution in [3.63, 3.8) is 0 Å². The minimum atomic E-state index is -0.883. The van der Waals surface area contributed by atoms with Crippen molar-refractivity contribution in [2.24, 2.45) is 0 Å². The molecule has 7 nitrogen and oxygen atoms in total. The number of pyridine rings is 1. The molecule has 44 heavy (non-hydrogen) atoms. The first kappa shape index (κ1) is 27.7. The van der Waals surface area contributed by atoms with Gasteiger partial charge in [-0.3, -0.25) is 9.47 Å². The van der Waals surface area contributed by atoms with E-state index in [4.69, 9.17) is 9.97 Å². The lowest BCUT2D eigenvalue weighted by atomic mass is 9.69. The summed E-state index contributed by atoms with van der Waals surface area (Å²) in [5, 5.41) is 13.8. The Morgan fingerprint density at radius 3 is 2.34 bits per heavy atom. The Bertz CT molecular complexity index is 1880. The topological polar surface area (TPSA) is 83.3 Å². The fourth-order valence-corrected chi connectivity index (χ4v) is 6.78. The standard InChI is InChI=1S/C37H35N5O2/c1-36(2,3)42(35(43)44)37(22-10-23-37)27-19-17-26(18-20-27)32-30(21-16-25-11-5-4-6-12-25)40-34-28-13-7-8-14-29(28)39-33-31(41(32)34)15-9-24-38-33/h4-9,11-21,24H,10,22-23H2,1-3H3,(H,38,39)(H,43,44)/b21-16+. The quantitative estimate of drug-likeness (QED) is 0.212. The van der Waals surface area contributed by atoms with Gasteiger partial charge in [-0.05, 0) is 81.5 Å². The Hall–Kier alpha value is -5.17. The van der Waals surface area contributed by atoms with E-state index in [0.29, 0.717) is 0 Å². The molecule has 1 aliphatic carbocycles. The van der Waals surface area contributed by atoms with Gasteiger partial charge >= 0.3 is 6.09 Å². The molecule has 1 amide bonds. The molecule has 7 heteroatoms. The second-order valence-corrected chi connectivity index (χ2v) is 12.5. The third-order valence-electron chi connectivity index (χ3n) is 8.75. The molecule has 2 aliphatic rings. The molecule has 0 atom stereocenters. The maximum absolute atomic E-state index is 12.6. The molecule has 0 radical (unpaired) electrons. The molecule has 0 unspecified atom stereocenters. The molecule has 3 heterocycles. The highest BCUT2D eigenvalue weighted by Gasteiger charge is 2.50. The minimum Gasteiger partial charge on any atom is -0.465 e. The minimum absolute atomic E-state index is 0.528. The highest BCUT2D eigenvalue weighted by Crippen LogP contribution is 2.50. The zero-order valence-corrected chi connectivity index (χ0v) is 25.2. The molecule has 2 N–H and O–H groups in total. The number of fused-ring (bicyclic) bond motifs is 5.